The molecule has 0 fully saturated rings. The van der Waals surface area contributed by atoms with Gasteiger partial charge in [-0.3, -0.25) is 10.1 Å². The third-order valence-electron chi connectivity index (χ3n) is 1.90. The van der Waals surface area contributed by atoms with Crippen LogP contribution in [0, 0.1) is 0 Å². The van der Waals surface area contributed by atoms with Crippen LogP contribution in [0.2, 0.25) is 0 Å². The number of anilines is 1. The molecule has 1 heterocycles. The highest BCUT2D eigenvalue weighted by Crippen LogP contribution is 2.04. The van der Waals surface area contributed by atoms with Gasteiger partial charge in [0.15, 0.2) is 0 Å². The van der Waals surface area contributed by atoms with Gasteiger partial charge >= 0.3 is 0 Å². The molecule has 1 aromatic rings. The number of rotatable bonds is 3. The summed E-state index contributed by atoms with van der Waals surface area (Å²) >= 11 is 0. The molecule has 0 aliphatic rings. The molecule has 1 aromatic heterocycles. The predicted molar refractivity (Wildman–Crippen MR) is 51.6 cm³/mol. The van der Waals surface area contributed by atoms with Crippen molar-refractivity contribution < 1.29 is 4.79 Å². The summed E-state index contributed by atoms with van der Waals surface area (Å²) in [6, 6.07) is 0. The van der Waals surface area contributed by atoms with Crippen molar-refractivity contribution in [2.75, 3.05) is 12.4 Å². The zero-order valence-corrected chi connectivity index (χ0v) is 8.40. The van der Waals surface area contributed by atoms with Crippen LogP contribution in [0.1, 0.15) is 13.8 Å². The van der Waals surface area contributed by atoms with Crippen LogP contribution in [0.4, 0.5) is 5.95 Å². The molecule has 0 saturated heterocycles. The monoisotopic (exact) mass is 195 g/mol. The molecule has 0 spiro atoms. The number of likely N-dealkylation sites (N-methyl/N-ethyl adjacent to an activating group) is 1. The van der Waals surface area contributed by atoms with Gasteiger partial charge in [0, 0.05) is 0 Å². The first-order chi connectivity index (χ1) is 6.56. The standard InChI is InChI=1S/C8H13N5O/c1-8(2,9-3)6(14)12-7-10-4-5-11-13-7/h4-5,9H,1-3H3,(H,10,12,13,14). The summed E-state index contributed by atoms with van der Waals surface area (Å²) in [6.07, 6.45) is 2.91. The van der Waals surface area contributed by atoms with E-state index in [0.717, 1.165) is 0 Å². The van der Waals surface area contributed by atoms with E-state index in [-0.39, 0.29) is 11.9 Å². The van der Waals surface area contributed by atoms with Gasteiger partial charge < -0.3 is 5.32 Å². The third-order valence-corrected chi connectivity index (χ3v) is 1.90. The van der Waals surface area contributed by atoms with Crippen LogP contribution in [0.5, 0.6) is 0 Å². The third kappa shape index (κ3) is 2.46. The van der Waals surface area contributed by atoms with E-state index >= 15 is 0 Å². The molecule has 0 aliphatic heterocycles. The van der Waals surface area contributed by atoms with Gasteiger partial charge in [0.1, 0.15) is 0 Å². The Labute approximate surface area is 82.1 Å². The SMILES string of the molecule is CNC(C)(C)C(=O)Nc1nccnn1. The summed E-state index contributed by atoms with van der Waals surface area (Å²) in [7, 11) is 1.71. The van der Waals surface area contributed by atoms with E-state index in [1.807, 2.05) is 0 Å². The summed E-state index contributed by atoms with van der Waals surface area (Å²) in [6.45, 7) is 3.53. The molecule has 0 bridgehead atoms. The lowest BCUT2D eigenvalue weighted by molar-refractivity contribution is -0.121. The lowest BCUT2D eigenvalue weighted by Crippen LogP contribution is -2.48. The molecule has 0 atom stereocenters. The normalized spacial score (nSPS) is 11.1. The Kier molecular flexibility index (Phi) is 3.08. The number of hydrogen-bond donors (Lipinski definition) is 2. The maximum absolute atomic E-state index is 11.6. The minimum Gasteiger partial charge on any atom is -0.307 e. The lowest BCUT2D eigenvalue weighted by atomic mass is 10.1. The summed E-state index contributed by atoms with van der Waals surface area (Å²) < 4.78 is 0. The smallest absolute Gasteiger partial charge is 0.249 e. The highest BCUT2D eigenvalue weighted by Gasteiger charge is 2.25. The van der Waals surface area contributed by atoms with Crippen molar-refractivity contribution in [2.45, 2.75) is 19.4 Å². The van der Waals surface area contributed by atoms with E-state index in [4.69, 9.17) is 0 Å². The van der Waals surface area contributed by atoms with Crippen LogP contribution in [0.25, 0.3) is 0 Å². The minimum absolute atomic E-state index is 0.201. The number of amides is 1. The molecular weight excluding hydrogens is 182 g/mol. The largest absolute Gasteiger partial charge is 0.307 e. The second-order valence-corrected chi connectivity index (χ2v) is 3.30. The second kappa shape index (κ2) is 4.10. The fourth-order valence-corrected chi connectivity index (χ4v) is 0.676. The zero-order chi connectivity index (χ0) is 10.6. The quantitative estimate of drug-likeness (QED) is 0.698. The Morgan fingerprint density at radius 2 is 2.14 bits per heavy atom. The number of aromatic nitrogens is 3. The molecule has 6 heteroatoms. The Balaban J connectivity index is 2.67. The van der Waals surface area contributed by atoms with Crippen LogP contribution >= 0.6 is 0 Å². The first-order valence-corrected chi connectivity index (χ1v) is 4.20. The number of nitrogens with one attached hydrogen (secondary N) is 2. The van der Waals surface area contributed by atoms with Gasteiger partial charge in [-0.15, -0.1) is 5.10 Å². The molecule has 14 heavy (non-hydrogen) atoms. The van der Waals surface area contributed by atoms with Crippen molar-refractivity contribution >= 4 is 11.9 Å². The van der Waals surface area contributed by atoms with Gasteiger partial charge in [0.25, 0.3) is 0 Å². The van der Waals surface area contributed by atoms with Crippen molar-refractivity contribution in [3.8, 4) is 0 Å². The number of hydrogen-bond acceptors (Lipinski definition) is 5. The second-order valence-electron chi connectivity index (χ2n) is 3.30. The molecule has 0 aliphatic carbocycles. The van der Waals surface area contributed by atoms with Gasteiger partial charge in [0.2, 0.25) is 11.9 Å². The molecule has 0 unspecified atom stereocenters. The van der Waals surface area contributed by atoms with Crippen LogP contribution in [0.15, 0.2) is 12.4 Å². The van der Waals surface area contributed by atoms with E-state index in [9.17, 15) is 4.79 Å². The van der Waals surface area contributed by atoms with E-state index in [0.29, 0.717) is 0 Å². The highest BCUT2D eigenvalue weighted by molar-refractivity contribution is 5.96. The molecule has 2 N–H and O–H groups in total. The summed E-state index contributed by atoms with van der Waals surface area (Å²) in [5.41, 5.74) is -0.654. The molecule has 0 saturated carbocycles. The van der Waals surface area contributed by atoms with Crippen molar-refractivity contribution in [2.24, 2.45) is 0 Å². The topological polar surface area (TPSA) is 79.8 Å². The van der Waals surface area contributed by atoms with Gasteiger partial charge in [-0.2, -0.15) is 5.10 Å². The Morgan fingerprint density at radius 3 is 2.64 bits per heavy atom. The van der Waals surface area contributed by atoms with E-state index in [1.165, 1.54) is 12.4 Å². The van der Waals surface area contributed by atoms with Crippen molar-refractivity contribution in [3.63, 3.8) is 0 Å². The first kappa shape index (κ1) is 10.5. The van der Waals surface area contributed by atoms with Crippen molar-refractivity contribution in [1.82, 2.24) is 20.5 Å². The van der Waals surface area contributed by atoms with Crippen molar-refractivity contribution in [3.05, 3.63) is 12.4 Å². The number of carbonyl (C=O) groups excluding carboxylic acids is 1. The average molecular weight is 195 g/mol. The van der Waals surface area contributed by atoms with E-state index in [2.05, 4.69) is 25.8 Å². The first-order valence-electron chi connectivity index (χ1n) is 4.20. The summed E-state index contributed by atoms with van der Waals surface area (Å²) in [5.74, 6) is 0.00817. The fraction of sp³-hybridized carbons (Fsp3) is 0.500. The Morgan fingerprint density at radius 1 is 1.43 bits per heavy atom. The number of nitrogens with zero attached hydrogens (tertiary/aromatic N) is 3. The molecule has 1 amide bonds. The van der Waals surface area contributed by atoms with Crippen LogP contribution in [-0.2, 0) is 4.79 Å². The molecule has 1 rings (SSSR count). The zero-order valence-electron chi connectivity index (χ0n) is 8.40. The van der Waals surface area contributed by atoms with Gasteiger partial charge in [-0.1, -0.05) is 0 Å². The minimum atomic E-state index is -0.654. The lowest BCUT2D eigenvalue weighted by Gasteiger charge is -2.21. The highest BCUT2D eigenvalue weighted by atomic mass is 16.2. The van der Waals surface area contributed by atoms with Crippen LogP contribution < -0.4 is 10.6 Å². The van der Waals surface area contributed by atoms with Crippen LogP contribution in [-0.4, -0.2) is 33.7 Å². The maximum atomic E-state index is 11.6. The molecule has 0 aromatic carbocycles. The van der Waals surface area contributed by atoms with Gasteiger partial charge in [-0.25, -0.2) is 4.98 Å². The van der Waals surface area contributed by atoms with Crippen LogP contribution in [0.3, 0.4) is 0 Å². The van der Waals surface area contributed by atoms with Gasteiger partial charge in [-0.05, 0) is 20.9 Å². The van der Waals surface area contributed by atoms with Crippen molar-refractivity contribution in [1.29, 1.82) is 0 Å². The maximum Gasteiger partial charge on any atom is 0.249 e. The Bertz CT molecular complexity index is 311. The Hall–Kier alpha value is -1.56. The van der Waals surface area contributed by atoms with E-state index < -0.39 is 5.54 Å². The number of carbonyl (C=O) groups is 1. The molecule has 6 nitrogen and oxygen atoms in total. The molecular formula is C8H13N5O. The summed E-state index contributed by atoms with van der Waals surface area (Å²) in [4.78, 5) is 15.4. The predicted octanol–water partition coefficient (Wildman–Crippen LogP) is -0.192. The molecule has 0 radical (unpaired) electrons. The van der Waals surface area contributed by atoms with Gasteiger partial charge in [0.05, 0.1) is 17.9 Å². The average Bonchev–Trinajstić information content (AvgIpc) is 2.19. The fourth-order valence-electron chi connectivity index (χ4n) is 0.676. The summed E-state index contributed by atoms with van der Waals surface area (Å²) in [5, 5.41) is 12.7. The molecule has 76 valence electrons. The van der Waals surface area contributed by atoms with E-state index in [1.54, 1.807) is 20.9 Å².